The van der Waals surface area contributed by atoms with Crippen LogP contribution in [0.15, 0.2) is 24.3 Å². The van der Waals surface area contributed by atoms with Gasteiger partial charge >= 0.3 is 5.97 Å². The number of carboxylic acid groups (broad SMARTS) is 1. The predicted molar refractivity (Wildman–Crippen MR) is 67.0 cm³/mol. The standard InChI is InChI=1S/C14H19NO2/c16-14(17)2-1-9-15-10-11-3-5-12(6-4-11)13-7-8-13/h3-6,13,15H,1-2,7-10H2,(H,16,17). The van der Waals surface area contributed by atoms with Crippen LogP contribution in [0.1, 0.15) is 42.7 Å². The minimum Gasteiger partial charge on any atom is -0.481 e. The van der Waals surface area contributed by atoms with Crippen molar-refractivity contribution in [2.75, 3.05) is 6.54 Å². The molecule has 1 aromatic rings. The molecular weight excluding hydrogens is 214 g/mol. The molecule has 0 amide bonds. The molecule has 0 aromatic heterocycles. The van der Waals surface area contributed by atoms with Gasteiger partial charge in [0.15, 0.2) is 0 Å². The highest BCUT2D eigenvalue weighted by Crippen LogP contribution is 2.39. The van der Waals surface area contributed by atoms with E-state index in [1.54, 1.807) is 0 Å². The lowest BCUT2D eigenvalue weighted by Gasteiger charge is -2.05. The monoisotopic (exact) mass is 233 g/mol. The second kappa shape index (κ2) is 5.82. The van der Waals surface area contributed by atoms with Crippen molar-refractivity contribution in [2.45, 2.75) is 38.1 Å². The van der Waals surface area contributed by atoms with Crippen LogP contribution in [0.5, 0.6) is 0 Å². The zero-order chi connectivity index (χ0) is 12.1. The Kier molecular flexibility index (Phi) is 4.15. The largest absolute Gasteiger partial charge is 0.481 e. The molecule has 0 aliphatic heterocycles. The van der Waals surface area contributed by atoms with Crippen molar-refractivity contribution < 1.29 is 9.90 Å². The molecule has 3 heteroatoms. The van der Waals surface area contributed by atoms with Gasteiger partial charge in [-0.15, -0.1) is 0 Å². The number of hydrogen-bond donors (Lipinski definition) is 2. The average Bonchev–Trinajstić information content (AvgIpc) is 3.13. The van der Waals surface area contributed by atoms with Gasteiger partial charge in [0.25, 0.3) is 0 Å². The fraction of sp³-hybridized carbons (Fsp3) is 0.500. The zero-order valence-corrected chi connectivity index (χ0v) is 9.98. The minimum absolute atomic E-state index is 0.244. The number of carboxylic acids is 1. The first kappa shape index (κ1) is 12.1. The van der Waals surface area contributed by atoms with Gasteiger partial charge in [0.1, 0.15) is 0 Å². The molecule has 17 heavy (non-hydrogen) atoms. The number of carbonyl (C=O) groups is 1. The second-order valence-corrected chi connectivity index (χ2v) is 4.69. The maximum Gasteiger partial charge on any atom is 0.303 e. The Labute approximate surface area is 102 Å². The molecule has 0 spiro atoms. The molecule has 2 rings (SSSR count). The Morgan fingerprint density at radius 1 is 1.29 bits per heavy atom. The summed E-state index contributed by atoms with van der Waals surface area (Å²) in [6.07, 6.45) is 3.61. The number of nitrogens with one attached hydrogen (secondary N) is 1. The molecule has 1 saturated carbocycles. The molecule has 1 aliphatic carbocycles. The van der Waals surface area contributed by atoms with Crippen molar-refractivity contribution in [3.63, 3.8) is 0 Å². The molecule has 0 atom stereocenters. The van der Waals surface area contributed by atoms with Crippen molar-refractivity contribution in [2.24, 2.45) is 0 Å². The van der Waals surface area contributed by atoms with Crippen molar-refractivity contribution >= 4 is 5.97 Å². The van der Waals surface area contributed by atoms with Crippen LogP contribution < -0.4 is 5.32 Å². The molecule has 0 unspecified atom stereocenters. The summed E-state index contributed by atoms with van der Waals surface area (Å²) in [4.78, 5) is 10.3. The Hall–Kier alpha value is -1.35. The summed E-state index contributed by atoms with van der Waals surface area (Å²) >= 11 is 0. The van der Waals surface area contributed by atoms with Gasteiger partial charge in [0.05, 0.1) is 0 Å². The molecule has 0 heterocycles. The lowest BCUT2D eigenvalue weighted by Crippen LogP contribution is -2.15. The summed E-state index contributed by atoms with van der Waals surface area (Å²) in [6.45, 7) is 1.58. The highest BCUT2D eigenvalue weighted by Gasteiger charge is 2.22. The molecule has 92 valence electrons. The third-order valence-electron chi connectivity index (χ3n) is 3.10. The van der Waals surface area contributed by atoms with Crippen LogP contribution in [0.3, 0.4) is 0 Å². The molecule has 0 radical (unpaired) electrons. The van der Waals surface area contributed by atoms with E-state index in [9.17, 15) is 4.79 Å². The summed E-state index contributed by atoms with van der Waals surface area (Å²) < 4.78 is 0. The molecule has 1 aliphatic rings. The van der Waals surface area contributed by atoms with E-state index in [2.05, 4.69) is 29.6 Å². The topological polar surface area (TPSA) is 49.3 Å². The van der Waals surface area contributed by atoms with E-state index < -0.39 is 5.97 Å². The second-order valence-electron chi connectivity index (χ2n) is 4.69. The average molecular weight is 233 g/mol. The fourth-order valence-corrected chi connectivity index (χ4v) is 1.92. The van der Waals surface area contributed by atoms with Crippen LogP contribution in [0.25, 0.3) is 0 Å². The van der Waals surface area contributed by atoms with Crippen molar-refractivity contribution in [1.82, 2.24) is 5.32 Å². The van der Waals surface area contributed by atoms with E-state index in [1.807, 2.05) is 0 Å². The molecular formula is C14H19NO2. The van der Waals surface area contributed by atoms with Gasteiger partial charge in [-0.3, -0.25) is 4.79 Å². The first-order valence-corrected chi connectivity index (χ1v) is 6.27. The summed E-state index contributed by atoms with van der Waals surface area (Å²) in [6, 6.07) is 8.76. The van der Waals surface area contributed by atoms with Crippen LogP contribution >= 0.6 is 0 Å². The number of hydrogen-bond acceptors (Lipinski definition) is 2. The Morgan fingerprint density at radius 2 is 2.00 bits per heavy atom. The Bertz CT molecular complexity index is 368. The maximum absolute atomic E-state index is 10.3. The predicted octanol–water partition coefficient (Wildman–Crippen LogP) is 2.52. The van der Waals surface area contributed by atoms with Crippen LogP contribution in [0.4, 0.5) is 0 Å². The van der Waals surface area contributed by atoms with Gasteiger partial charge in [-0.25, -0.2) is 0 Å². The van der Waals surface area contributed by atoms with E-state index in [-0.39, 0.29) is 6.42 Å². The number of benzene rings is 1. The minimum atomic E-state index is -0.722. The molecule has 1 fully saturated rings. The summed E-state index contributed by atoms with van der Waals surface area (Å²) in [5.41, 5.74) is 2.73. The van der Waals surface area contributed by atoms with E-state index in [0.717, 1.165) is 19.0 Å². The van der Waals surface area contributed by atoms with Gasteiger partial charge in [0, 0.05) is 13.0 Å². The lowest BCUT2D eigenvalue weighted by atomic mass is 10.1. The highest BCUT2D eigenvalue weighted by atomic mass is 16.4. The molecule has 0 saturated heterocycles. The van der Waals surface area contributed by atoms with Crippen molar-refractivity contribution in [3.8, 4) is 0 Å². The van der Waals surface area contributed by atoms with Crippen molar-refractivity contribution in [3.05, 3.63) is 35.4 Å². The summed E-state index contributed by atoms with van der Waals surface area (Å²) in [5.74, 6) is 0.0909. The van der Waals surface area contributed by atoms with E-state index in [1.165, 1.54) is 24.0 Å². The van der Waals surface area contributed by atoms with Gasteiger partial charge in [-0.1, -0.05) is 24.3 Å². The molecule has 3 nitrogen and oxygen atoms in total. The summed E-state index contributed by atoms with van der Waals surface area (Å²) in [7, 11) is 0. The van der Waals surface area contributed by atoms with Gasteiger partial charge in [0.2, 0.25) is 0 Å². The number of rotatable bonds is 7. The first-order chi connectivity index (χ1) is 8.25. The smallest absolute Gasteiger partial charge is 0.303 e. The quantitative estimate of drug-likeness (QED) is 0.711. The molecule has 0 bridgehead atoms. The molecule has 1 aromatic carbocycles. The SMILES string of the molecule is O=C(O)CCCNCc1ccc(C2CC2)cc1. The zero-order valence-electron chi connectivity index (χ0n) is 9.98. The van der Waals surface area contributed by atoms with E-state index in [4.69, 9.17) is 5.11 Å². The fourth-order valence-electron chi connectivity index (χ4n) is 1.92. The lowest BCUT2D eigenvalue weighted by molar-refractivity contribution is -0.137. The van der Waals surface area contributed by atoms with E-state index >= 15 is 0 Å². The maximum atomic E-state index is 10.3. The third-order valence-corrected chi connectivity index (χ3v) is 3.10. The van der Waals surface area contributed by atoms with Crippen molar-refractivity contribution in [1.29, 1.82) is 0 Å². The van der Waals surface area contributed by atoms with Crippen LogP contribution in [-0.4, -0.2) is 17.6 Å². The Morgan fingerprint density at radius 3 is 2.59 bits per heavy atom. The van der Waals surface area contributed by atoms with E-state index in [0.29, 0.717) is 6.42 Å². The van der Waals surface area contributed by atoms with Crippen LogP contribution in [0.2, 0.25) is 0 Å². The van der Waals surface area contributed by atoms with Gasteiger partial charge in [-0.2, -0.15) is 0 Å². The highest BCUT2D eigenvalue weighted by molar-refractivity contribution is 5.66. The summed E-state index contributed by atoms with van der Waals surface area (Å²) in [5, 5.41) is 11.7. The number of aliphatic carboxylic acids is 1. The Balaban J connectivity index is 1.66. The molecule has 2 N–H and O–H groups in total. The third kappa shape index (κ3) is 4.19. The van der Waals surface area contributed by atoms with Gasteiger partial charge < -0.3 is 10.4 Å². The van der Waals surface area contributed by atoms with Crippen LogP contribution in [0, 0.1) is 0 Å². The van der Waals surface area contributed by atoms with Gasteiger partial charge in [-0.05, 0) is 42.9 Å². The normalized spacial score (nSPS) is 14.8. The first-order valence-electron chi connectivity index (χ1n) is 6.27. The van der Waals surface area contributed by atoms with Crippen LogP contribution in [-0.2, 0) is 11.3 Å².